The smallest absolute Gasteiger partial charge is 0.335 e. The number of likely N-dealkylation sites (N-methyl/N-ethyl adjacent to an activating group) is 1. The minimum atomic E-state index is -0.903. The fraction of sp³-hybridized carbons (Fsp3) is 0.444. The van der Waals surface area contributed by atoms with E-state index >= 15 is 0 Å². The van der Waals surface area contributed by atoms with Crippen LogP contribution in [-0.4, -0.2) is 71.9 Å². The third-order valence-corrected chi connectivity index (χ3v) is 7.54. The van der Waals surface area contributed by atoms with E-state index in [1.54, 1.807) is 19.2 Å². The van der Waals surface area contributed by atoms with Gasteiger partial charge in [-0.3, -0.25) is 4.90 Å². The van der Waals surface area contributed by atoms with Crippen LogP contribution in [0.25, 0.3) is 10.9 Å². The molecule has 2 atom stereocenters. The zero-order chi connectivity index (χ0) is 23.9. The number of methoxy groups -OCH3 is 1. The van der Waals surface area contributed by atoms with Gasteiger partial charge in [-0.2, -0.15) is 0 Å². The Morgan fingerprint density at radius 1 is 1.26 bits per heavy atom. The molecule has 180 valence electrons. The third-order valence-electron chi connectivity index (χ3n) is 7.54. The molecular weight excluding hydrogens is 430 g/mol. The Kier molecular flexibility index (Phi) is 6.10. The quantitative estimate of drug-likeness (QED) is 0.590. The maximum Gasteiger partial charge on any atom is 0.335 e. The molecule has 3 heterocycles. The minimum Gasteiger partial charge on any atom is -0.496 e. The molecule has 0 radical (unpaired) electrons. The van der Waals surface area contributed by atoms with Gasteiger partial charge in [0.1, 0.15) is 5.75 Å². The SMILES string of the molecule is COc1cc(C)c2[nH]ccc2c1CN1CCC2(C[C@H]1c1ccc(C(=O)O)cc1)CN(C)CCO2. The lowest BCUT2D eigenvalue weighted by Gasteiger charge is -2.50. The van der Waals surface area contributed by atoms with E-state index in [0.29, 0.717) is 5.56 Å². The van der Waals surface area contributed by atoms with Gasteiger partial charge in [0.2, 0.25) is 0 Å². The second kappa shape index (κ2) is 9.06. The summed E-state index contributed by atoms with van der Waals surface area (Å²) in [7, 11) is 3.89. The number of aryl methyl sites for hydroxylation is 1. The summed E-state index contributed by atoms with van der Waals surface area (Å²) in [6.07, 6.45) is 3.82. The summed E-state index contributed by atoms with van der Waals surface area (Å²) in [4.78, 5) is 19.6. The maximum atomic E-state index is 11.4. The first-order valence-corrected chi connectivity index (χ1v) is 11.9. The number of hydrogen-bond acceptors (Lipinski definition) is 5. The van der Waals surface area contributed by atoms with Crippen LogP contribution in [0.2, 0.25) is 0 Å². The fourth-order valence-electron chi connectivity index (χ4n) is 5.75. The van der Waals surface area contributed by atoms with E-state index in [9.17, 15) is 9.90 Å². The van der Waals surface area contributed by atoms with Gasteiger partial charge in [-0.15, -0.1) is 0 Å². The number of nitrogens with one attached hydrogen (secondary N) is 1. The number of carboxylic acid groups (broad SMARTS) is 1. The van der Waals surface area contributed by atoms with Gasteiger partial charge >= 0.3 is 5.97 Å². The molecule has 2 N–H and O–H groups in total. The van der Waals surface area contributed by atoms with Gasteiger partial charge in [-0.25, -0.2) is 4.79 Å². The van der Waals surface area contributed by atoms with E-state index in [-0.39, 0.29) is 11.6 Å². The van der Waals surface area contributed by atoms with Gasteiger partial charge in [0.25, 0.3) is 0 Å². The van der Waals surface area contributed by atoms with Gasteiger partial charge in [0, 0.05) is 54.9 Å². The molecule has 2 aromatic carbocycles. The first-order chi connectivity index (χ1) is 16.4. The molecule has 34 heavy (non-hydrogen) atoms. The van der Waals surface area contributed by atoms with Crippen LogP contribution in [-0.2, 0) is 11.3 Å². The van der Waals surface area contributed by atoms with Crippen molar-refractivity contribution in [1.82, 2.24) is 14.8 Å². The Labute approximate surface area is 200 Å². The summed E-state index contributed by atoms with van der Waals surface area (Å²) in [6, 6.07) is 11.7. The zero-order valence-electron chi connectivity index (χ0n) is 20.1. The van der Waals surface area contributed by atoms with Gasteiger partial charge in [0.15, 0.2) is 0 Å². The lowest BCUT2D eigenvalue weighted by molar-refractivity contribution is -0.144. The molecule has 5 rings (SSSR count). The Bertz CT molecular complexity index is 1190. The van der Waals surface area contributed by atoms with Crippen molar-refractivity contribution >= 4 is 16.9 Å². The van der Waals surface area contributed by atoms with Crippen LogP contribution in [0.1, 0.15) is 45.9 Å². The topological polar surface area (TPSA) is 78.0 Å². The van der Waals surface area contributed by atoms with Crippen molar-refractivity contribution in [3.63, 3.8) is 0 Å². The number of hydrogen-bond donors (Lipinski definition) is 2. The molecule has 2 fully saturated rings. The number of carbonyl (C=O) groups is 1. The van der Waals surface area contributed by atoms with Crippen molar-refractivity contribution < 1.29 is 19.4 Å². The van der Waals surface area contributed by atoms with Crippen molar-refractivity contribution in [2.45, 2.75) is 38.0 Å². The lowest BCUT2D eigenvalue weighted by Crippen LogP contribution is -2.56. The normalized spacial score (nSPS) is 24.0. The molecule has 0 bridgehead atoms. The monoisotopic (exact) mass is 463 g/mol. The number of aromatic nitrogens is 1. The Morgan fingerprint density at radius 3 is 2.76 bits per heavy atom. The van der Waals surface area contributed by atoms with E-state index in [1.807, 2.05) is 18.3 Å². The first kappa shape index (κ1) is 22.9. The molecular formula is C27H33N3O4. The van der Waals surface area contributed by atoms with E-state index < -0.39 is 5.97 Å². The van der Waals surface area contributed by atoms with E-state index in [2.05, 4.69) is 40.9 Å². The van der Waals surface area contributed by atoms with Gasteiger partial charge in [0.05, 0.1) is 24.9 Å². The largest absolute Gasteiger partial charge is 0.496 e. The van der Waals surface area contributed by atoms with Crippen molar-refractivity contribution in [1.29, 1.82) is 0 Å². The average molecular weight is 464 g/mol. The number of piperidine rings is 1. The summed E-state index contributed by atoms with van der Waals surface area (Å²) < 4.78 is 12.2. The number of aromatic amines is 1. The number of ether oxygens (including phenoxy) is 2. The van der Waals surface area contributed by atoms with Crippen molar-refractivity contribution in [2.24, 2.45) is 0 Å². The third kappa shape index (κ3) is 4.19. The Morgan fingerprint density at radius 2 is 2.06 bits per heavy atom. The van der Waals surface area contributed by atoms with E-state index in [4.69, 9.17) is 9.47 Å². The van der Waals surface area contributed by atoms with E-state index in [1.165, 1.54) is 10.9 Å². The van der Waals surface area contributed by atoms with E-state index in [0.717, 1.165) is 68.0 Å². The molecule has 1 spiro atoms. The predicted octanol–water partition coefficient (Wildman–Crippen LogP) is 4.22. The number of benzene rings is 2. The van der Waals surface area contributed by atoms with Gasteiger partial charge < -0.3 is 24.5 Å². The molecule has 0 amide bonds. The molecule has 2 aliphatic rings. The number of carboxylic acids is 1. The van der Waals surface area contributed by atoms with Crippen LogP contribution in [0.4, 0.5) is 0 Å². The number of likely N-dealkylation sites (tertiary alicyclic amines) is 1. The first-order valence-electron chi connectivity index (χ1n) is 11.9. The molecule has 7 heteroatoms. The van der Waals surface area contributed by atoms with Crippen LogP contribution in [0.15, 0.2) is 42.6 Å². The second-order valence-corrected chi connectivity index (χ2v) is 9.78. The maximum absolute atomic E-state index is 11.4. The summed E-state index contributed by atoms with van der Waals surface area (Å²) >= 11 is 0. The van der Waals surface area contributed by atoms with Crippen LogP contribution >= 0.6 is 0 Å². The Hall–Kier alpha value is -2.87. The highest BCUT2D eigenvalue weighted by molar-refractivity contribution is 5.88. The number of rotatable bonds is 5. The highest BCUT2D eigenvalue weighted by atomic mass is 16.5. The van der Waals surface area contributed by atoms with Gasteiger partial charge in [-0.05, 0) is 62.2 Å². The second-order valence-electron chi connectivity index (χ2n) is 9.78. The zero-order valence-corrected chi connectivity index (χ0v) is 20.1. The summed E-state index contributed by atoms with van der Waals surface area (Å²) in [5.74, 6) is -0.00138. The fourth-order valence-corrected chi connectivity index (χ4v) is 5.75. The van der Waals surface area contributed by atoms with Crippen LogP contribution in [0.5, 0.6) is 5.75 Å². The number of fused-ring (bicyclic) bond motifs is 1. The van der Waals surface area contributed by atoms with Crippen molar-refractivity contribution in [3.8, 4) is 5.75 Å². The molecule has 2 aliphatic heterocycles. The molecule has 0 aliphatic carbocycles. The summed E-state index contributed by atoms with van der Waals surface area (Å²) in [5, 5.41) is 10.6. The predicted molar refractivity (Wildman–Crippen MR) is 132 cm³/mol. The molecule has 2 saturated heterocycles. The molecule has 7 nitrogen and oxygen atoms in total. The highest BCUT2D eigenvalue weighted by Crippen LogP contribution is 2.42. The highest BCUT2D eigenvalue weighted by Gasteiger charge is 2.43. The Balaban J connectivity index is 1.52. The van der Waals surface area contributed by atoms with Crippen LogP contribution in [0, 0.1) is 6.92 Å². The summed E-state index contributed by atoms with van der Waals surface area (Å²) in [6.45, 7) is 6.35. The standard InChI is InChI=1S/C27H33N3O4/c1-18-14-24(33-3)22(21-8-10-28-25(18)21)16-30-11-9-27(17-29(2)12-13-34-27)15-23(30)19-4-6-20(7-5-19)26(31)32/h4-8,10,14,23,28H,9,11-13,15-17H2,1-3H3,(H,31,32)/t23-,27?/m0/s1. The average Bonchev–Trinajstić information content (AvgIpc) is 3.32. The number of aromatic carboxylic acids is 1. The summed E-state index contributed by atoms with van der Waals surface area (Å²) in [5.41, 5.74) is 4.73. The van der Waals surface area contributed by atoms with Crippen molar-refractivity contribution in [3.05, 3.63) is 64.8 Å². The van der Waals surface area contributed by atoms with Crippen LogP contribution < -0.4 is 4.74 Å². The van der Waals surface area contributed by atoms with Crippen LogP contribution in [0.3, 0.4) is 0 Å². The number of morpholine rings is 1. The molecule has 1 unspecified atom stereocenters. The molecule has 0 saturated carbocycles. The molecule has 1 aromatic heterocycles. The molecule has 3 aromatic rings. The number of nitrogens with zero attached hydrogens (tertiary/aromatic N) is 2. The van der Waals surface area contributed by atoms with Crippen molar-refractivity contribution in [2.75, 3.05) is 40.4 Å². The lowest BCUT2D eigenvalue weighted by atomic mass is 9.81. The van der Waals surface area contributed by atoms with Gasteiger partial charge in [-0.1, -0.05) is 12.1 Å². The number of H-pyrrole nitrogens is 1. The minimum absolute atomic E-state index is 0.114.